The zero-order valence-corrected chi connectivity index (χ0v) is 8.61. The number of halogens is 3. The molecule has 84 valence electrons. The van der Waals surface area contributed by atoms with Crippen LogP contribution in [0.2, 0.25) is 0 Å². The van der Waals surface area contributed by atoms with Crippen LogP contribution in [-0.4, -0.2) is 24.1 Å². The highest BCUT2D eigenvalue weighted by molar-refractivity contribution is 7.13. The first-order valence-corrected chi connectivity index (χ1v) is 5.38. The maximum absolute atomic E-state index is 12.3. The Bertz CT molecular complexity index is 349. The van der Waals surface area contributed by atoms with Crippen molar-refractivity contribution in [1.82, 2.24) is 4.98 Å². The molecule has 1 aromatic rings. The molecule has 7 heteroatoms. The van der Waals surface area contributed by atoms with E-state index in [0.717, 1.165) is 23.1 Å². The number of thiazole rings is 1. The summed E-state index contributed by atoms with van der Waals surface area (Å²) in [5, 5.41) is 1.45. The summed E-state index contributed by atoms with van der Waals surface area (Å²) in [7, 11) is 0. The molecular formula is C8H10F3N3S. The largest absolute Gasteiger partial charge is 0.434 e. The Labute approximate surface area is 88.7 Å². The molecule has 0 saturated carbocycles. The fourth-order valence-electron chi connectivity index (χ4n) is 1.50. The third-order valence-electron chi connectivity index (χ3n) is 2.28. The van der Waals surface area contributed by atoms with Crippen molar-refractivity contribution in [3.8, 4) is 0 Å². The first kappa shape index (κ1) is 10.7. The highest BCUT2D eigenvalue weighted by Crippen LogP contribution is 2.33. The van der Waals surface area contributed by atoms with E-state index in [1.165, 1.54) is 0 Å². The molecule has 0 aliphatic carbocycles. The number of anilines is 1. The minimum atomic E-state index is -4.35. The van der Waals surface area contributed by atoms with Crippen molar-refractivity contribution >= 4 is 16.5 Å². The summed E-state index contributed by atoms with van der Waals surface area (Å²) in [5.74, 6) is 0. The van der Waals surface area contributed by atoms with Crippen LogP contribution >= 0.6 is 11.3 Å². The van der Waals surface area contributed by atoms with Crippen molar-refractivity contribution in [3.05, 3.63) is 11.1 Å². The van der Waals surface area contributed by atoms with Crippen LogP contribution in [0, 0.1) is 0 Å². The normalized spacial score (nSPS) is 22.4. The molecule has 15 heavy (non-hydrogen) atoms. The maximum Gasteiger partial charge on any atom is 0.434 e. The van der Waals surface area contributed by atoms with Gasteiger partial charge in [-0.3, -0.25) is 0 Å². The van der Waals surface area contributed by atoms with Gasteiger partial charge >= 0.3 is 6.18 Å². The van der Waals surface area contributed by atoms with E-state index in [2.05, 4.69) is 4.98 Å². The maximum atomic E-state index is 12.3. The van der Waals surface area contributed by atoms with Gasteiger partial charge in [-0.15, -0.1) is 11.3 Å². The number of nitrogens with zero attached hydrogens (tertiary/aromatic N) is 2. The van der Waals surface area contributed by atoms with Crippen LogP contribution in [0.5, 0.6) is 0 Å². The van der Waals surface area contributed by atoms with Gasteiger partial charge in [-0.2, -0.15) is 13.2 Å². The predicted octanol–water partition coefficient (Wildman–Crippen LogP) is 1.70. The van der Waals surface area contributed by atoms with Gasteiger partial charge in [-0.05, 0) is 6.42 Å². The molecule has 0 amide bonds. The molecule has 2 N–H and O–H groups in total. The molecule has 1 fully saturated rings. The smallest absolute Gasteiger partial charge is 0.346 e. The molecule has 0 aromatic carbocycles. The van der Waals surface area contributed by atoms with Gasteiger partial charge in [0.15, 0.2) is 10.8 Å². The fraction of sp³-hybridized carbons (Fsp3) is 0.625. The molecule has 0 unspecified atom stereocenters. The van der Waals surface area contributed by atoms with Crippen molar-refractivity contribution in [2.24, 2.45) is 5.73 Å². The van der Waals surface area contributed by atoms with Crippen molar-refractivity contribution in [1.29, 1.82) is 0 Å². The highest BCUT2D eigenvalue weighted by Gasteiger charge is 2.34. The Balaban J connectivity index is 2.14. The first-order valence-electron chi connectivity index (χ1n) is 4.50. The summed E-state index contributed by atoms with van der Waals surface area (Å²) >= 11 is 1.01. The third kappa shape index (κ3) is 2.23. The van der Waals surface area contributed by atoms with Crippen molar-refractivity contribution in [3.63, 3.8) is 0 Å². The topological polar surface area (TPSA) is 42.1 Å². The zero-order chi connectivity index (χ0) is 11.1. The number of aromatic nitrogens is 1. The molecule has 1 aromatic heterocycles. The lowest BCUT2D eigenvalue weighted by Gasteiger charge is -2.13. The van der Waals surface area contributed by atoms with Crippen LogP contribution < -0.4 is 10.6 Å². The predicted molar refractivity (Wildman–Crippen MR) is 51.9 cm³/mol. The third-order valence-corrected chi connectivity index (χ3v) is 3.18. The van der Waals surface area contributed by atoms with Gasteiger partial charge in [-0.25, -0.2) is 4.98 Å². The van der Waals surface area contributed by atoms with E-state index in [4.69, 9.17) is 5.73 Å². The minimum absolute atomic E-state index is 0.0447. The number of hydrogen-bond acceptors (Lipinski definition) is 4. The van der Waals surface area contributed by atoms with Crippen LogP contribution in [-0.2, 0) is 6.18 Å². The second-order valence-electron chi connectivity index (χ2n) is 3.51. The standard InChI is InChI=1S/C8H10F3N3S/c9-8(10,11)6-4-15-7(13-6)14-2-1-5(12)3-14/h4-5H,1-3,12H2/t5-/m1/s1. The quantitative estimate of drug-likeness (QED) is 0.808. The lowest BCUT2D eigenvalue weighted by Crippen LogP contribution is -2.26. The van der Waals surface area contributed by atoms with E-state index in [-0.39, 0.29) is 6.04 Å². The summed E-state index contributed by atoms with van der Waals surface area (Å²) in [6.45, 7) is 1.27. The monoisotopic (exact) mass is 237 g/mol. The van der Waals surface area contributed by atoms with Crippen molar-refractivity contribution in [2.75, 3.05) is 18.0 Å². The molecule has 1 saturated heterocycles. The van der Waals surface area contributed by atoms with Gasteiger partial charge < -0.3 is 10.6 Å². The molecule has 3 nitrogen and oxygen atoms in total. The van der Waals surface area contributed by atoms with E-state index in [9.17, 15) is 13.2 Å². The fourth-order valence-corrected chi connectivity index (χ4v) is 2.37. The van der Waals surface area contributed by atoms with Crippen molar-refractivity contribution < 1.29 is 13.2 Å². The molecule has 1 aliphatic heterocycles. The van der Waals surface area contributed by atoms with E-state index in [1.54, 1.807) is 4.90 Å². The Morgan fingerprint density at radius 1 is 1.53 bits per heavy atom. The lowest BCUT2D eigenvalue weighted by molar-refractivity contribution is -0.140. The van der Waals surface area contributed by atoms with Crippen molar-refractivity contribution in [2.45, 2.75) is 18.6 Å². The second-order valence-corrected chi connectivity index (χ2v) is 4.34. The number of hydrogen-bond donors (Lipinski definition) is 1. The Morgan fingerprint density at radius 2 is 2.27 bits per heavy atom. The SMILES string of the molecule is N[C@@H]1CCN(c2nc(C(F)(F)F)cs2)C1. The molecule has 0 radical (unpaired) electrons. The molecule has 2 heterocycles. The van der Waals surface area contributed by atoms with E-state index < -0.39 is 11.9 Å². The molecule has 1 aliphatic rings. The lowest BCUT2D eigenvalue weighted by atomic mass is 10.3. The Hall–Kier alpha value is -0.820. The van der Waals surface area contributed by atoms with Crippen LogP contribution in [0.25, 0.3) is 0 Å². The number of rotatable bonds is 1. The number of nitrogens with two attached hydrogens (primary N) is 1. The molecule has 0 bridgehead atoms. The summed E-state index contributed by atoms with van der Waals surface area (Å²) in [6, 6.07) is 0.0447. The van der Waals surface area contributed by atoms with Crippen LogP contribution in [0.3, 0.4) is 0 Å². The van der Waals surface area contributed by atoms with Crippen LogP contribution in [0.15, 0.2) is 5.38 Å². The summed E-state index contributed by atoms with van der Waals surface area (Å²) in [5.41, 5.74) is 4.85. The van der Waals surface area contributed by atoms with Gasteiger partial charge in [0.05, 0.1) is 0 Å². The van der Waals surface area contributed by atoms with E-state index >= 15 is 0 Å². The Morgan fingerprint density at radius 3 is 2.73 bits per heavy atom. The van der Waals surface area contributed by atoms with E-state index in [0.29, 0.717) is 18.2 Å². The average molecular weight is 237 g/mol. The molecule has 0 spiro atoms. The zero-order valence-electron chi connectivity index (χ0n) is 7.79. The summed E-state index contributed by atoms with van der Waals surface area (Å²) < 4.78 is 36.8. The first-order chi connectivity index (χ1) is 6.97. The van der Waals surface area contributed by atoms with Gasteiger partial charge in [0.1, 0.15) is 0 Å². The summed E-state index contributed by atoms with van der Waals surface area (Å²) in [4.78, 5) is 5.36. The van der Waals surface area contributed by atoms with Gasteiger partial charge in [0.2, 0.25) is 0 Å². The average Bonchev–Trinajstić information content (AvgIpc) is 2.69. The highest BCUT2D eigenvalue weighted by atomic mass is 32.1. The second kappa shape index (κ2) is 3.64. The Kier molecular flexibility index (Phi) is 2.59. The number of alkyl halides is 3. The molecular weight excluding hydrogens is 227 g/mol. The minimum Gasteiger partial charge on any atom is -0.346 e. The van der Waals surface area contributed by atoms with Gasteiger partial charge in [0, 0.05) is 24.5 Å². The molecule has 1 atom stereocenters. The summed E-state index contributed by atoms with van der Waals surface area (Å²) in [6.07, 6.45) is -3.54. The van der Waals surface area contributed by atoms with Crippen LogP contribution in [0.1, 0.15) is 12.1 Å². The molecule has 2 rings (SSSR count). The van der Waals surface area contributed by atoms with Crippen LogP contribution in [0.4, 0.5) is 18.3 Å². The van der Waals surface area contributed by atoms with E-state index in [1.807, 2.05) is 0 Å². The van der Waals surface area contributed by atoms with Gasteiger partial charge in [0.25, 0.3) is 0 Å². The van der Waals surface area contributed by atoms with Gasteiger partial charge in [-0.1, -0.05) is 0 Å².